The summed E-state index contributed by atoms with van der Waals surface area (Å²) in [6, 6.07) is 12.8. The van der Waals surface area contributed by atoms with Crippen molar-refractivity contribution in [1.82, 2.24) is 10.3 Å². The summed E-state index contributed by atoms with van der Waals surface area (Å²) in [5, 5.41) is 7.07. The molecule has 2 amide bonds. The van der Waals surface area contributed by atoms with Gasteiger partial charge in [-0.1, -0.05) is 33.6 Å². The van der Waals surface area contributed by atoms with E-state index in [1.807, 2.05) is 31.2 Å². The Bertz CT molecular complexity index is 984. The van der Waals surface area contributed by atoms with Gasteiger partial charge in [-0.25, -0.2) is 0 Å². The first-order valence-electron chi connectivity index (χ1n) is 8.05. The quantitative estimate of drug-likeness (QED) is 0.547. The van der Waals surface area contributed by atoms with Crippen molar-refractivity contribution < 1.29 is 9.59 Å². The summed E-state index contributed by atoms with van der Waals surface area (Å²) in [6.07, 6.45) is 0.184. The van der Waals surface area contributed by atoms with Crippen LogP contribution in [0.5, 0.6) is 0 Å². The summed E-state index contributed by atoms with van der Waals surface area (Å²) >= 11 is 9.33. The second kappa shape index (κ2) is 7.93. The van der Waals surface area contributed by atoms with Crippen molar-refractivity contribution in [2.24, 2.45) is 0 Å². The third-order valence-corrected chi connectivity index (χ3v) is 4.67. The smallest absolute Gasteiger partial charge is 0.267 e. The molecule has 0 saturated heterocycles. The number of carbonyl (C=O) groups excluding carboxylic acids is 2. The zero-order valence-corrected chi connectivity index (χ0v) is 16.4. The topological polar surface area (TPSA) is 74.0 Å². The number of anilines is 1. The van der Waals surface area contributed by atoms with E-state index < -0.39 is 0 Å². The monoisotopic (exact) mass is 433 g/mol. The number of hydrogen-bond acceptors (Lipinski definition) is 2. The second-order valence-corrected chi connectivity index (χ2v) is 7.28. The molecule has 7 heteroatoms. The molecule has 1 aromatic heterocycles. The maximum absolute atomic E-state index is 12.2. The Morgan fingerprint density at radius 2 is 1.96 bits per heavy atom. The number of fused-ring (bicyclic) bond motifs is 1. The number of benzene rings is 2. The van der Waals surface area contributed by atoms with Crippen LogP contribution in [0.25, 0.3) is 10.9 Å². The fourth-order valence-corrected chi connectivity index (χ4v) is 3.09. The zero-order valence-electron chi connectivity index (χ0n) is 14.0. The predicted octanol–water partition coefficient (Wildman–Crippen LogP) is 4.65. The van der Waals surface area contributed by atoms with Crippen LogP contribution in [0.4, 0.5) is 5.69 Å². The van der Waals surface area contributed by atoms with E-state index in [-0.39, 0.29) is 24.8 Å². The van der Waals surface area contributed by atoms with Crippen LogP contribution in [0.2, 0.25) is 5.02 Å². The van der Waals surface area contributed by atoms with Gasteiger partial charge in [-0.2, -0.15) is 0 Å². The minimum atomic E-state index is -0.260. The number of H-pyrrole nitrogens is 1. The van der Waals surface area contributed by atoms with Gasteiger partial charge in [0.2, 0.25) is 5.91 Å². The van der Waals surface area contributed by atoms with Crippen molar-refractivity contribution in [2.45, 2.75) is 13.3 Å². The molecule has 3 aromatic rings. The van der Waals surface area contributed by atoms with Crippen molar-refractivity contribution in [3.63, 3.8) is 0 Å². The molecule has 2 aromatic carbocycles. The van der Waals surface area contributed by atoms with Crippen LogP contribution in [0, 0.1) is 6.92 Å². The first-order chi connectivity index (χ1) is 12.4. The third kappa shape index (κ3) is 4.45. The van der Waals surface area contributed by atoms with Crippen LogP contribution in [-0.4, -0.2) is 23.3 Å². The standard InChI is InChI=1S/C19H17BrClN3O2/c1-11-2-3-13(20)10-16(11)24-18(25)6-7-22-19(26)17-9-12-8-14(21)4-5-15(12)23-17/h2-5,8-10,23H,6-7H2,1H3,(H,22,26)(H,24,25). The van der Waals surface area contributed by atoms with Gasteiger partial charge in [0.25, 0.3) is 5.91 Å². The fourth-order valence-electron chi connectivity index (χ4n) is 2.55. The highest BCUT2D eigenvalue weighted by Gasteiger charge is 2.11. The average molecular weight is 435 g/mol. The number of hydrogen-bond donors (Lipinski definition) is 3. The van der Waals surface area contributed by atoms with Crippen LogP contribution < -0.4 is 10.6 Å². The number of amides is 2. The van der Waals surface area contributed by atoms with Gasteiger partial charge in [-0.05, 0) is 48.9 Å². The number of aromatic nitrogens is 1. The number of aryl methyl sites for hydroxylation is 1. The van der Waals surface area contributed by atoms with Crippen molar-refractivity contribution >= 4 is 55.9 Å². The first-order valence-corrected chi connectivity index (χ1v) is 9.22. The average Bonchev–Trinajstić information content (AvgIpc) is 3.01. The van der Waals surface area contributed by atoms with Crippen molar-refractivity contribution in [3.05, 3.63) is 63.2 Å². The molecule has 0 spiro atoms. The Labute approximate surface area is 164 Å². The lowest BCUT2D eigenvalue weighted by Gasteiger charge is -2.09. The fraction of sp³-hybridized carbons (Fsp3) is 0.158. The number of nitrogens with one attached hydrogen (secondary N) is 3. The summed E-state index contributed by atoms with van der Waals surface area (Å²) in [7, 11) is 0. The molecule has 0 bridgehead atoms. The van der Waals surface area contributed by atoms with Gasteiger partial charge < -0.3 is 15.6 Å². The number of rotatable bonds is 5. The Morgan fingerprint density at radius 1 is 1.15 bits per heavy atom. The predicted molar refractivity (Wildman–Crippen MR) is 108 cm³/mol. The maximum Gasteiger partial charge on any atom is 0.267 e. The molecule has 3 N–H and O–H groups in total. The first kappa shape index (κ1) is 18.5. The molecule has 3 rings (SSSR count). The molecule has 0 unspecified atom stereocenters. The minimum absolute atomic E-state index is 0.157. The van der Waals surface area contributed by atoms with Gasteiger partial charge in [0, 0.05) is 39.1 Å². The molecule has 0 aliphatic carbocycles. The normalized spacial score (nSPS) is 10.7. The molecule has 134 valence electrons. The summed E-state index contributed by atoms with van der Waals surface area (Å²) in [4.78, 5) is 27.3. The molecular weight excluding hydrogens is 418 g/mol. The highest BCUT2D eigenvalue weighted by Crippen LogP contribution is 2.21. The van der Waals surface area contributed by atoms with E-state index in [1.165, 1.54) is 0 Å². The van der Waals surface area contributed by atoms with Gasteiger partial charge in [0.1, 0.15) is 5.69 Å². The van der Waals surface area contributed by atoms with Gasteiger partial charge in [-0.15, -0.1) is 0 Å². The van der Waals surface area contributed by atoms with Crippen LogP contribution in [0.3, 0.4) is 0 Å². The number of carbonyl (C=O) groups is 2. The molecule has 26 heavy (non-hydrogen) atoms. The van der Waals surface area contributed by atoms with Crippen LogP contribution in [0.1, 0.15) is 22.5 Å². The molecule has 0 aliphatic rings. The van der Waals surface area contributed by atoms with Gasteiger partial charge >= 0.3 is 0 Å². The summed E-state index contributed by atoms with van der Waals surface area (Å²) in [6.45, 7) is 2.17. The Morgan fingerprint density at radius 3 is 2.77 bits per heavy atom. The van der Waals surface area contributed by atoms with Gasteiger partial charge in [-0.3, -0.25) is 9.59 Å². The summed E-state index contributed by atoms with van der Waals surface area (Å²) in [5.41, 5.74) is 3.00. The molecule has 0 aliphatic heterocycles. The highest BCUT2D eigenvalue weighted by atomic mass is 79.9. The highest BCUT2D eigenvalue weighted by molar-refractivity contribution is 9.10. The van der Waals surface area contributed by atoms with E-state index in [0.29, 0.717) is 10.7 Å². The van der Waals surface area contributed by atoms with E-state index in [0.717, 1.165) is 26.6 Å². The molecule has 1 heterocycles. The number of aromatic amines is 1. The van der Waals surface area contributed by atoms with Crippen molar-refractivity contribution in [1.29, 1.82) is 0 Å². The summed E-state index contributed by atoms with van der Waals surface area (Å²) < 4.78 is 0.894. The van der Waals surface area contributed by atoms with E-state index in [4.69, 9.17) is 11.6 Å². The molecular formula is C19H17BrClN3O2. The van der Waals surface area contributed by atoms with Crippen LogP contribution >= 0.6 is 27.5 Å². The maximum atomic E-state index is 12.2. The van der Waals surface area contributed by atoms with E-state index in [2.05, 4.69) is 31.5 Å². The second-order valence-electron chi connectivity index (χ2n) is 5.93. The van der Waals surface area contributed by atoms with E-state index in [9.17, 15) is 9.59 Å². The van der Waals surface area contributed by atoms with E-state index in [1.54, 1.807) is 18.2 Å². The lowest BCUT2D eigenvalue weighted by Crippen LogP contribution is -2.28. The Kier molecular flexibility index (Phi) is 5.64. The Hall–Kier alpha value is -2.31. The third-order valence-electron chi connectivity index (χ3n) is 3.94. The molecule has 0 fully saturated rings. The largest absolute Gasteiger partial charge is 0.351 e. The minimum Gasteiger partial charge on any atom is -0.351 e. The molecule has 0 atom stereocenters. The van der Waals surface area contributed by atoms with Crippen molar-refractivity contribution in [3.8, 4) is 0 Å². The molecule has 5 nitrogen and oxygen atoms in total. The van der Waals surface area contributed by atoms with Crippen LogP contribution in [0.15, 0.2) is 46.9 Å². The Balaban J connectivity index is 1.54. The lowest BCUT2D eigenvalue weighted by atomic mass is 10.2. The molecule has 0 radical (unpaired) electrons. The van der Waals surface area contributed by atoms with Crippen molar-refractivity contribution in [2.75, 3.05) is 11.9 Å². The van der Waals surface area contributed by atoms with Gasteiger partial charge in [0.15, 0.2) is 0 Å². The van der Waals surface area contributed by atoms with Crippen LogP contribution in [-0.2, 0) is 4.79 Å². The van der Waals surface area contributed by atoms with E-state index >= 15 is 0 Å². The molecule has 0 saturated carbocycles. The lowest BCUT2D eigenvalue weighted by molar-refractivity contribution is -0.116. The van der Waals surface area contributed by atoms with Gasteiger partial charge in [0.05, 0.1) is 0 Å². The SMILES string of the molecule is Cc1ccc(Br)cc1NC(=O)CCNC(=O)c1cc2cc(Cl)ccc2[nH]1. The summed E-state index contributed by atoms with van der Waals surface area (Å²) in [5.74, 6) is -0.418. The zero-order chi connectivity index (χ0) is 18.7. The number of halogens is 2.